The van der Waals surface area contributed by atoms with Gasteiger partial charge in [0.25, 0.3) is 0 Å². The molecule has 1 N–H and O–H groups in total. The van der Waals surface area contributed by atoms with E-state index < -0.39 is 0 Å². The average molecular weight is 334 g/mol. The molecule has 1 aliphatic heterocycles. The molecule has 1 fully saturated rings. The van der Waals surface area contributed by atoms with Crippen molar-refractivity contribution in [1.29, 1.82) is 0 Å². The van der Waals surface area contributed by atoms with Crippen molar-refractivity contribution in [3.05, 3.63) is 23.7 Å². The van der Waals surface area contributed by atoms with Gasteiger partial charge in [-0.05, 0) is 25.2 Å². The van der Waals surface area contributed by atoms with Gasteiger partial charge in [0.2, 0.25) is 0 Å². The van der Waals surface area contributed by atoms with E-state index in [1.807, 2.05) is 15.0 Å². The fourth-order valence-corrected chi connectivity index (χ4v) is 3.51. The second kappa shape index (κ2) is 7.08. The first-order valence-electron chi connectivity index (χ1n) is 8.02. The van der Waals surface area contributed by atoms with Crippen molar-refractivity contribution in [1.82, 2.24) is 24.6 Å². The zero-order chi connectivity index (χ0) is 16.2. The maximum atomic E-state index is 12.4. The number of thiazole rings is 1. The van der Waals surface area contributed by atoms with Gasteiger partial charge >= 0.3 is 6.03 Å². The van der Waals surface area contributed by atoms with E-state index in [9.17, 15) is 4.79 Å². The minimum atomic E-state index is -0.0629. The van der Waals surface area contributed by atoms with Crippen molar-refractivity contribution in [2.75, 3.05) is 18.4 Å². The molecule has 0 saturated carbocycles. The van der Waals surface area contributed by atoms with E-state index in [1.54, 1.807) is 12.7 Å². The molecular formula is C15H22N6OS. The molecule has 0 radical (unpaired) electrons. The predicted molar refractivity (Wildman–Crippen MR) is 89.7 cm³/mol. The number of carbonyl (C=O) groups excluding carboxylic acids is 1. The molecule has 0 unspecified atom stereocenters. The first kappa shape index (κ1) is 15.9. The van der Waals surface area contributed by atoms with Crippen LogP contribution >= 0.6 is 11.3 Å². The van der Waals surface area contributed by atoms with Gasteiger partial charge in [-0.15, -0.1) is 11.3 Å². The Kier molecular flexibility index (Phi) is 4.90. The summed E-state index contributed by atoms with van der Waals surface area (Å²) < 4.78 is 1.88. The van der Waals surface area contributed by atoms with Crippen molar-refractivity contribution in [2.45, 2.75) is 45.1 Å². The highest BCUT2D eigenvalue weighted by molar-refractivity contribution is 7.13. The number of carbonyl (C=O) groups is 1. The molecule has 0 spiro atoms. The van der Waals surface area contributed by atoms with Gasteiger partial charge in [-0.1, -0.05) is 13.8 Å². The summed E-state index contributed by atoms with van der Waals surface area (Å²) in [5.41, 5.74) is 1.05. The quantitative estimate of drug-likeness (QED) is 0.932. The first-order valence-corrected chi connectivity index (χ1v) is 8.90. The number of nitrogens with one attached hydrogen (secondary N) is 1. The van der Waals surface area contributed by atoms with Crippen molar-refractivity contribution in [2.24, 2.45) is 0 Å². The molecule has 1 aliphatic rings. The molecule has 0 aromatic carbocycles. The number of aromatic nitrogens is 4. The van der Waals surface area contributed by atoms with Crippen LogP contribution in [0, 0.1) is 0 Å². The summed E-state index contributed by atoms with van der Waals surface area (Å²) >= 11 is 1.49. The van der Waals surface area contributed by atoms with Crippen LogP contribution in [0.1, 0.15) is 50.8 Å². The number of urea groups is 1. The Hall–Kier alpha value is -1.96. The third-order valence-electron chi connectivity index (χ3n) is 4.42. The van der Waals surface area contributed by atoms with Crippen molar-refractivity contribution < 1.29 is 4.79 Å². The molecule has 8 heteroatoms. The smallest absolute Gasteiger partial charge is 0.323 e. The van der Waals surface area contributed by atoms with Crippen LogP contribution in [0.5, 0.6) is 0 Å². The van der Waals surface area contributed by atoms with Crippen molar-refractivity contribution in [3.8, 4) is 0 Å². The lowest BCUT2D eigenvalue weighted by atomic mass is 10.1. The third kappa shape index (κ3) is 3.69. The SMILES string of the molecule is CC[C@H](C)c1csc(NC(=O)N2CCC(n3cncn3)CC2)n1. The fourth-order valence-electron chi connectivity index (χ4n) is 2.69. The zero-order valence-corrected chi connectivity index (χ0v) is 14.3. The summed E-state index contributed by atoms with van der Waals surface area (Å²) in [4.78, 5) is 22.7. The Labute approximate surface area is 139 Å². The molecular weight excluding hydrogens is 312 g/mol. The number of amides is 2. The second-order valence-electron chi connectivity index (χ2n) is 5.91. The molecule has 1 saturated heterocycles. The van der Waals surface area contributed by atoms with Crippen molar-refractivity contribution in [3.63, 3.8) is 0 Å². The second-order valence-corrected chi connectivity index (χ2v) is 6.77. The van der Waals surface area contributed by atoms with Crippen LogP contribution in [-0.2, 0) is 0 Å². The molecule has 2 aromatic rings. The zero-order valence-electron chi connectivity index (χ0n) is 13.5. The van der Waals surface area contributed by atoms with E-state index in [1.165, 1.54) is 11.3 Å². The Morgan fingerprint density at radius 2 is 2.26 bits per heavy atom. The lowest BCUT2D eigenvalue weighted by Crippen LogP contribution is -2.41. The summed E-state index contributed by atoms with van der Waals surface area (Å²) in [6, 6.07) is 0.269. The van der Waals surface area contributed by atoms with Crippen LogP contribution in [0.15, 0.2) is 18.0 Å². The van der Waals surface area contributed by atoms with E-state index in [-0.39, 0.29) is 6.03 Å². The minimum absolute atomic E-state index is 0.0629. The molecule has 124 valence electrons. The Bertz CT molecular complexity index is 632. The van der Waals surface area contributed by atoms with Gasteiger partial charge in [0, 0.05) is 18.5 Å². The standard InChI is InChI=1S/C15H22N6OS/c1-3-11(2)13-8-23-14(18-13)19-15(22)20-6-4-12(5-7-20)21-10-16-9-17-21/h8-12H,3-7H2,1-2H3,(H,18,19,22)/t11-/m0/s1. The largest absolute Gasteiger partial charge is 0.324 e. The highest BCUT2D eigenvalue weighted by atomic mass is 32.1. The monoisotopic (exact) mass is 334 g/mol. The van der Waals surface area contributed by atoms with Gasteiger partial charge in [0.1, 0.15) is 12.7 Å². The lowest BCUT2D eigenvalue weighted by Gasteiger charge is -2.31. The van der Waals surface area contributed by atoms with Gasteiger partial charge in [0.15, 0.2) is 5.13 Å². The topological polar surface area (TPSA) is 75.9 Å². The number of nitrogens with zero attached hydrogens (tertiary/aromatic N) is 5. The maximum absolute atomic E-state index is 12.4. The van der Waals surface area contributed by atoms with Gasteiger partial charge in [-0.2, -0.15) is 5.10 Å². The molecule has 3 heterocycles. The van der Waals surface area contributed by atoms with Crippen LogP contribution in [0.4, 0.5) is 9.93 Å². The number of rotatable bonds is 4. The molecule has 1 atom stereocenters. The van der Waals surface area contributed by atoms with E-state index in [0.29, 0.717) is 17.1 Å². The molecule has 7 nitrogen and oxygen atoms in total. The molecule has 2 amide bonds. The number of likely N-dealkylation sites (tertiary alicyclic amines) is 1. The van der Waals surface area contributed by atoms with Gasteiger partial charge in [0.05, 0.1) is 11.7 Å². The average Bonchev–Trinajstić information content (AvgIpc) is 3.26. The molecule has 23 heavy (non-hydrogen) atoms. The van der Waals surface area contributed by atoms with Gasteiger partial charge in [-0.3, -0.25) is 5.32 Å². The number of anilines is 1. The lowest BCUT2D eigenvalue weighted by molar-refractivity contribution is 0.180. The van der Waals surface area contributed by atoms with E-state index >= 15 is 0 Å². The molecule has 3 rings (SSSR count). The summed E-state index contributed by atoms with van der Waals surface area (Å²) in [6.07, 6.45) is 6.13. The van der Waals surface area contributed by atoms with E-state index in [2.05, 4.69) is 34.2 Å². The highest BCUT2D eigenvalue weighted by Gasteiger charge is 2.24. The highest BCUT2D eigenvalue weighted by Crippen LogP contribution is 2.25. The van der Waals surface area contributed by atoms with Crippen LogP contribution in [-0.4, -0.2) is 43.8 Å². The summed E-state index contributed by atoms with van der Waals surface area (Å²) in [5, 5.41) is 9.82. The van der Waals surface area contributed by atoms with Crippen LogP contribution < -0.4 is 5.32 Å². The Balaban J connectivity index is 1.52. The number of hydrogen-bond donors (Lipinski definition) is 1. The van der Waals surface area contributed by atoms with Crippen LogP contribution in [0.3, 0.4) is 0 Å². The number of piperidine rings is 1. The third-order valence-corrected chi connectivity index (χ3v) is 5.19. The fraction of sp³-hybridized carbons (Fsp3) is 0.600. The van der Waals surface area contributed by atoms with Gasteiger partial charge < -0.3 is 4.90 Å². The minimum Gasteiger partial charge on any atom is -0.324 e. The molecule has 2 aromatic heterocycles. The Morgan fingerprint density at radius 1 is 1.48 bits per heavy atom. The number of hydrogen-bond acceptors (Lipinski definition) is 5. The Morgan fingerprint density at radius 3 is 2.91 bits per heavy atom. The molecule has 0 bridgehead atoms. The normalized spacial score (nSPS) is 17.2. The maximum Gasteiger partial charge on any atom is 0.323 e. The van der Waals surface area contributed by atoms with Gasteiger partial charge in [-0.25, -0.2) is 19.4 Å². The summed E-state index contributed by atoms with van der Waals surface area (Å²) in [6.45, 7) is 5.73. The summed E-state index contributed by atoms with van der Waals surface area (Å²) in [5.74, 6) is 0.426. The predicted octanol–water partition coefficient (Wildman–Crippen LogP) is 3.12. The van der Waals surface area contributed by atoms with Crippen LogP contribution in [0.25, 0.3) is 0 Å². The summed E-state index contributed by atoms with van der Waals surface area (Å²) in [7, 11) is 0. The van der Waals surface area contributed by atoms with E-state index in [0.717, 1.165) is 38.0 Å². The van der Waals surface area contributed by atoms with E-state index in [4.69, 9.17) is 0 Å². The van der Waals surface area contributed by atoms with Crippen molar-refractivity contribution >= 4 is 22.5 Å². The molecule has 0 aliphatic carbocycles. The first-order chi connectivity index (χ1) is 11.2. The van der Waals surface area contributed by atoms with Crippen LogP contribution in [0.2, 0.25) is 0 Å².